The molecule has 1 atom stereocenters. The molecule has 6 nitrogen and oxygen atoms in total. The lowest BCUT2D eigenvalue weighted by molar-refractivity contribution is -0.144. The molecule has 6 heteroatoms. The van der Waals surface area contributed by atoms with E-state index in [0.29, 0.717) is 0 Å². The minimum absolute atomic E-state index is 0.0378. The highest BCUT2D eigenvalue weighted by atomic mass is 16.4. The summed E-state index contributed by atoms with van der Waals surface area (Å²) in [4.78, 5) is 26.9. The van der Waals surface area contributed by atoms with Crippen LogP contribution in [0.1, 0.15) is 30.1 Å². The largest absolute Gasteiger partial charge is 0.506 e. The first-order valence-electron chi connectivity index (χ1n) is 5.63. The molecule has 1 aromatic rings. The summed E-state index contributed by atoms with van der Waals surface area (Å²) in [5.74, 6) is -1.77. The number of hydrogen-bond acceptors (Lipinski definition) is 4. The normalized spacial score (nSPS) is 17.8. The molecule has 2 rings (SSSR count). The molecule has 0 radical (unpaired) electrons. The lowest BCUT2D eigenvalue weighted by Crippen LogP contribution is -2.54. The van der Waals surface area contributed by atoms with Crippen LogP contribution >= 0.6 is 0 Å². The number of carboxylic acid groups (broad SMARTS) is 1. The maximum absolute atomic E-state index is 11.9. The van der Waals surface area contributed by atoms with E-state index in [1.54, 1.807) is 0 Å². The van der Waals surface area contributed by atoms with Crippen molar-refractivity contribution in [2.24, 2.45) is 5.92 Å². The van der Waals surface area contributed by atoms with Gasteiger partial charge in [-0.15, -0.1) is 0 Å². The molecule has 0 aliphatic heterocycles. The van der Waals surface area contributed by atoms with Crippen LogP contribution in [0.25, 0.3) is 0 Å². The summed E-state index contributed by atoms with van der Waals surface area (Å²) >= 11 is 0. The zero-order chi connectivity index (χ0) is 13.3. The number of aromatic nitrogens is 1. The van der Waals surface area contributed by atoms with E-state index in [2.05, 4.69) is 10.3 Å². The van der Waals surface area contributed by atoms with Crippen molar-refractivity contribution in [2.45, 2.75) is 25.3 Å². The standard InChI is InChI=1S/C12H14N2O4/c1-12(11(17)18,8-2-3-8)14-10(16)7-4-9(15)6-13-5-7/h4-6,8,15H,2-3H2,1H3,(H,14,16)(H,17,18). The second-order valence-electron chi connectivity index (χ2n) is 4.67. The Labute approximate surface area is 104 Å². The predicted molar refractivity (Wildman–Crippen MR) is 62.1 cm³/mol. The first kappa shape index (κ1) is 12.3. The molecule has 0 bridgehead atoms. The highest BCUT2D eigenvalue weighted by Gasteiger charge is 2.48. The van der Waals surface area contributed by atoms with E-state index in [1.165, 1.54) is 25.4 Å². The van der Waals surface area contributed by atoms with Gasteiger partial charge in [-0.3, -0.25) is 9.78 Å². The molecule has 0 saturated heterocycles. The number of aromatic hydroxyl groups is 1. The first-order chi connectivity index (χ1) is 8.43. The highest BCUT2D eigenvalue weighted by Crippen LogP contribution is 2.39. The maximum Gasteiger partial charge on any atom is 0.329 e. The monoisotopic (exact) mass is 250 g/mol. The van der Waals surface area contributed by atoms with Gasteiger partial charge in [0.1, 0.15) is 11.3 Å². The Morgan fingerprint density at radius 2 is 2.11 bits per heavy atom. The van der Waals surface area contributed by atoms with Crippen LogP contribution in [0.5, 0.6) is 5.75 Å². The Kier molecular flexibility index (Phi) is 2.94. The van der Waals surface area contributed by atoms with E-state index < -0.39 is 17.4 Å². The van der Waals surface area contributed by atoms with Crippen molar-refractivity contribution in [2.75, 3.05) is 0 Å². The van der Waals surface area contributed by atoms with E-state index >= 15 is 0 Å². The molecular weight excluding hydrogens is 236 g/mol. The molecule has 1 fully saturated rings. The van der Waals surface area contributed by atoms with Gasteiger partial charge in [0.25, 0.3) is 5.91 Å². The number of hydrogen-bond donors (Lipinski definition) is 3. The number of aliphatic carboxylic acids is 1. The summed E-state index contributed by atoms with van der Waals surface area (Å²) in [6.07, 6.45) is 4.07. The van der Waals surface area contributed by atoms with E-state index in [0.717, 1.165) is 12.8 Å². The summed E-state index contributed by atoms with van der Waals surface area (Å²) < 4.78 is 0. The molecule has 18 heavy (non-hydrogen) atoms. The molecule has 0 aromatic carbocycles. The lowest BCUT2D eigenvalue weighted by Gasteiger charge is -2.26. The molecule has 1 aromatic heterocycles. The van der Waals surface area contributed by atoms with Gasteiger partial charge >= 0.3 is 5.97 Å². The molecule has 1 amide bonds. The third-order valence-electron chi connectivity index (χ3n) is 3.20. The van der Waals surface area contributed by atoms with Gasteiger partial charge in [-0.1, -0.05) is 0 Å². The third kappa shape index (κ3) is 2.27. The minimum atomic E-state index is -1.26. The number of pyridine rings is 1. The summed E-state index contributed by atoms with van der Waals surface area (Å²) in [5, 5.41) is 21.0. The molecule has 96 valence electrons. The molecule has 0 spiro atoms. The molecule has 1 saturated carbocycles. The minimum Gasteiger partial charge on any atom is -0.506 e. The summed E-state index contributed by atoms with van der Waals surface area (Å²) in [5.41, 5.74) is -1.12. The van der Waals surface area contributed by atoms with Gasteiger partial charge in [-0.2, -0.15) is 0 Å². The lowest BCUT2D eigenvalue weighted by atomic mass is 9.95. The molecule has 1 unspecified atom stereocenters. The van der Waals surface area contributed by atoms with Crippen LogP contribution in [0.2, 0.25) is 0 Å². The smallest absolute Gasteiger partial charge is 0.329 e. The number of nitrogens with zero attached hydrogens (tertiary/aromatic N) is 1. The van der Waals surface area contributed by atoms with Gasteiger partial charge in [0.15, 0.2) is 0 Å². The summed E-state index contributed by atoms with van der Waals surface area (Å²) in [6, 6.07) is 1.25. The van der Waals surface area contributed by atoms with Crippen LogP contribution in [0.15, 0.2) is 18.5 Å². The molecule has 1 aliphatic carbocycles. The van der Waals surface area contributed by atoms with Crippen LogP contribution in [0, 0.1) is 5.92 Å². The Morgan fingerprint density at radius 3 is 2.61 bits per heavy atom. The fourth-order valence-corrected chi connectivity index (χ4v) is 1.85. The number of amides is 1. The zero-order valence-corrected chi connectivity index (χ0v) is 9.88. The second-order valence-corrected chi connectivity index (χ2v) is 4.67. The van der Waals surface area contributed by atoms with Gasteiger partial charge in [-0.05, 0) is 31.7 Å². The number of carbonyl (C=O) groups is 2. The van der Waals surface area contributed by atoms with E-state index in [1.807, 2.05) is 0 Å². The van der Waals surface area contributed by atoms with Crippen LogP contribution in [-0.2, 0) is 4.79 Å². The Balaban J connectivity index is 2.17. The number of nitrogens with one attached hydrogen (secondary N) is 1. The van der Waals surface area contributed by atoms with Gasteiger partial charge < -0.3 is 15.5 Å². The van der Waals surface area contributed by atoms with Crippen molar-refractivity contribution in [1.29, 1.82) is 0 Å². The summed E-state index contributed by atoms with van der Waals surface area (Å²) in [6.45, 7) is 1.50. The quantitative estimate of drug-likeness (QED) is 0.733. The fraction of sp³-hybridized carbons (Fsp3) is 0.417. The molecule has 1 aliphatic rings. The Bertz CT molecular complexity index is 499. The van der Waals surface area contributed by atoms with Gasteiger partial charge in [0.05, 0.1) is 11.8 Å². The van der Waals surface area contributed by atoms with Gasteiger partial charge in [-0.25, -0.2) is 4.79 Å². The molecular formula is C12H14N2O4. The second kappa shape index (κ2) is 4.29. The summed E-state index contributed by atoms with van der Waals surface area (Å²) in [7, 11) is 0. The van der Waals surface area contributed by atoms with E-state index in [9.17, 15) is 19.8 Å². The van der Waals surface area contributed by atoms with E-state index in [4.69, 9.17) is 0 Å². The number of rotatable bonds is 4. The maximum atomic E-state index is 11.9. The van der Waals surface area contributed by atoms with Crippen LogP contribution in [-0.4, -0.2) is 32.6 Å². The Morgan fingerprint density at radius 1 is 1.44 bits per heavy atom. The SMILES string of the molecule is CC(NC(=O)c1cncc(O)c1)(C(=O)O)C1CC1. The average molecular weight is 250 g/mol. The third-order valence-corrected chi connectivity index (χ3v) is 3.20. The van der Waals surface area contributed by atoms with Crippen molar-refractivity contribution in [1.82, 2.24) is 10.3 Å². The van der Waals surface area contributed by atoms with Crippen molar-refractivity contribution in [3.05, 3.63) is 24.0 Å². The van der Waals surface area contributed by atoms with E-state index in [-0.39, 0.29) is 17.2 Å². The molecule has 1 heterocycles. The molecule has 3 N–H and O–H groups in total. The van der Waals surface area contributed by atoms with Crippen molar-refractivity contribution in [3.63, 3.8) is 0 Å². The first-order valence-corrected chi connectivity index (χ1v) is 5.63. The zero-order valence-electron chi connectivity index (χ0n) is 9.88. The van der Waals surface area contributed by atoms with Gasteiger partial charge in [0, 0.05) is 6.20 Å². The van der Waals surface area contributed by atoms with Crippen molar-refractivity contribution in [3.8, 4) is 5.75 Å². The fourth-order valence-electron chi connectivity index (χ4n) is 1.85. The highest BCUT2D eigenvalue weighted by molar-refractivity contribution is 5.98. The number of carbonyl (C=O) groups excluding carboxylic acids is 1. The van der Waals surface area contributed by atoms with Gasteiger partial charge in [0.2, 0.25) is 0 Å². The topological polar surface area (TPSA) is 99.5 Å². The van der Waals surface area contributed by atoms with Crippen LogP contribution in [0.3, 0.4) is 0 Å². The van der Waals surface area contributed by atoms with Crippen molar-refractivity contribution >= 4 is 11.9 Å². The number of carboxylic acids is 1. The van der Waals surface area contributed by atoms with Crippen LogP contribution in [0.4, 0.5) is 0 Å². The average Bonchev–Trinajstić information content (AvgIpc) is 3.12. The van der Waals surface area contributed by atoms with Crippen LogP contribution < -0.4 is 5.32 Å². The predicted octanol–water partition coefficient (Wildman–Crippen LogP) is 0.770. The van der Waals surface area contributed by atoms with Crippen molar-refractivity contribution < 1.29 is 19.8 Å². The Hall–Kier alpha value is -2.11.